The molecule has 4 aliphatic rings. The molecule has 8 heteroatoms. The Balaban J connectivity index is 1.63. The Morgan fingerprint density at radius 1 is 0.879 bits per heavy atom. The number of nitro groups is 1. The summed E-state index contributed by atoms with van der Waals surface area (Å²) in [5.41, 5.74) is 0.182. The van der Waals surface area contributed by atoms with Crippen LogP contribution in [0.2, 0.25) is 0 Å². The molecule has 0 saturated heterocycles. The molecule has 3 aromatic carbocycles. The molecular weight excluding hydrogens is 424 g/mol. The van der Waals surface area contributed by atoms with E-state index in [1.165, 1.54) is 24.3 Å². The number of carboxylic acids is 1. The molecule has 0 saturated carbocycles. The number of hydrogen-bond acceptors (Lipinski definition) is 5. The first kappa shape index (κ1) is 19.1. The molecule has 0 unspecified atom stereocenters. The lowest BCUT2D eigenvalue weighted by molar-refractivity contribution is -0.554. The molecule has 3 aromatic rings. The van der Waals surface area contributed by atoms with Crippen LogP contribution in [0.5, 0.6) is 0 Å². The average Bonchev–Trinajstić information content (AvgIpc) is 3.09. The van der Waals surface area contributed by atoms with E-state index in [1.54, 1.807) is 48.5 Å². The van der Waals surface area contributed by atoms with Crippen molar-refractivity contribution < 1.29 is 24.4 Å². The number of nitrogens with zero attached hydrogens (tertiary/aromatic N) is 2. The number of imide groups is 1. The van der Waals surface area contributed by atoms with Crippen molar-refractivity contribution in [2.24, 2.45) is 0 Å². The van der Waals surface area contributed by atoms with Crippen LogP contribution in [0.15, 0.2) is 83.9 Å². The van der Waals surface area contributed by atoms with Gasteiger partial charge in [-0.15, -0.1) is 0 Å². The highest BCUT2D eigenvalue weighted by Crippen LogP contribution is 2.61. The van der Waals surface area contributed by atoms with Gasteiger partial charge in [0.05, 0.1) is 11.3 Å². The number of aromatic carboxylic acids is 1. The molecule has 1 N–H and O–H groups in total. The highest BCUT2D eigenvalue weighted by atomic mass is 16.6. The van der Waals surface area contributed by atoms with Gasteiger partial charge in [-0.05, 0) is 35.4 Å². The van der Waals surface area contributed by atoms with Gasteiger partial charge < -0.3 is 5.11 Å². The first-order valence-corrected chi connectivity index (χ1v) is 10.2. The van der Waals surface area contributed by atoms with E-state index in [0.717, 1.165) is 4.90 Å². The smallest absolute Gasteiger partial charge is 0.335 e. The molecule has 1 aliphatic heterocycles. The Bertz CT molecular complexity index is 1420. The van der Waals surface area contributed by atoms with Gasteiger partial charge in [0.2, 0.25) is 0 Å². The van der Waals surface area contributed by atoms with Crippen LogP contribution in [-0.4, -0.2) is 27.8 Å². The molecular formula is C25H14N2O6. The van der Waals surface area contributed by atoms with Gasteiger partial charge >= 0.3 is 11.5 Å². The number of carbonyl (C=O) groups excluding carboxylic acids is 2. The van der Waals surface area contributed by atoms with E-state index in [2.05, 4.69) is 0 Å². The summed E-state index contributed by atoms with van der Waals surface area (Å²) < 4.78 is 0. The summed E-state index contributed by atoms with van der Waals surface area (Å²) in [6, 6.07) is 19.0. The van der Waals surface area contributed by atoms with Crippen molar-refractivity contribution in [1.29, 1.82) is 0 Å². The van der Waals surface area contributed by atoms with Gasteiger partial charge in [-0.1, -0.05) is 48.5 Å². The van der Waals surface area contributed by atoms with Gasteiger partial charge in [0, 0.05) is 27.5 Å². The highest BCUT2D eigenvalue weighted by Gasteiger charge is 2.68. The standard InChI is InChI=1S/C25H14N2O6/c28-22-20-19-15-5-1-3-7-17(15)25(27(32)33,18-8-4-2-6-16(18)19)21(20)23(29)26(22)14-11-9-13(10-12-14)24(30)31/h1-12,19H,(H,30,31). The zero-order chi connectivity index (χ0) is 23.1. The van der Waals surface area contributed by atoms with Crippen molar-refractivity contribution in [3.63, 3.8) is 0 Å². The largest absolute Gasteiger partial charge is 0.478 e. The number of carbonyl (C=O) groups is 3. The number of amides is 2. The molecule has 2 bridgehead atoms. The van der Waals surface area contributed by atoms with E-state index in [4.69, 9.17) is 5.11 Å². The zero-order valence-electron chi connectivity index (χ0n) is 16.9. The number of rotatable bonds is 3. The fraction of sp³-hybridized carbons (Fsp3) is 0.0800. The quantitative estimate of drug-likeness (QED) is 0.381. The molecule has 1 heterocycles. The van der Waals surface area contributed by atoms with Gasteiger partial charge in [-0.25, -0.2) is 9.69 Å². The predicted octanol–water partition coefficient (Wildman–Crippen LogP) is 3.23. The van der Waals surface area contributed by atoms with E-state index >= 15 is 0 Å². The number of anilines is 1. The summed E-state index contributed by atoms with van der Waals surface area (Å²) in [5, 5.41) is 22.0. The molecule has 0 atom stereocenters. The molecule has 7 rings (SSSR count). The van der Waals surface area contributed by atoms with Gasteiger partial charge in [-0.3, -0.25) is 19.7 Å². The highest BCUT2D eigenvalue weighted by molar-refractivity contribution is 6.35. The summed E-state index contributed by atoms with van der Waals surface area (Å²) >= 11 is 0. The third-order valence-electron chi connectivity index (χ3n) is 6.74. The third-order valence-corrected chi connectivity index (χ3v) is 6.74. The Hall–Kier alpha value is -4.59. The lowest BCUT2D eigenvalue weighted by atomic mass is 9.57. The molecule has 0 spiro atoms. The first-order valence-electron chi connectivity index (χ1n) is 10.2. The minimum absolute atomic E-state index is 0.00258. The van der Waals surface area contributed by atoms with E-state index < -0.39 is 34.2 Å². The third kappa shape index (κ3) is 2.12. The van der Waals surface area contributed by atoms with Crippen LogP contribution >= 0.6 is 0 Å². The van der Waals surface area contributed by atoms with Gasteiger partial charge in [0.1, 0.15) is 5.57 Å². The maximum absolute atomic E-state index is 13.7. The van der Waals surface area contributed by atoms with Crippen LogP contribution < -0.4 is 4.90 Å². The van der Waals surface area contributed by atoms with E-state index in [-0.39, 0.29) is 22.4 Å². The lowest BCUT2D eigenvalue weighted by Crippen LogP contribution is -2.49. The van der Waals surface area contributed by atoms with Crippen molar-refractivity contribution in [1.82, 2.24) is 0 Å². The molecule has 3 aliphatic carbocycles. The fourth-order valence-electron chi connectivity index (χ4n) is 5.49. The van der Waals surface area contributed by atoms with Gasteiger partial charge in [-0.2, -0.15) is 0 Å². The van der Waals surface area contributed by atoms with E-state index in [1.807, 2.05) is 0 Å². The van der Waals surface area contributed by atoms with E-state index in [0.29, 0.717) is 22.3 Å². The number of hydrogen-bond donors (Lipinski definition) is 1. The Morgan fingerprint density at radius 3 is 1.94 bits per heavy atom. The Labute approximate surface area is 186 Å². The molecule has 0 fully saturated rings. The fourth-order valence-corrected chi connectivity index (χ4v) is 5.49. The normalized spacial score (nSPS) is 22.2. The van der Waals surface area contributed by atoms with Gasteiger partial charge in [0.15, 0.2) is 0 Å². The number of carboxylic acid groups (broad SMARTS) is 1. The minimum atomic E-state index is -2.00. The average molecular weight is 438 g/mol. The van der Waals surface area contributed by atoms with Crippen LogP contribution in [0, 0.1) is 10.1 Å². The Kier molecular flexibility index (Phi) is 3.61. The molecule has 160 valence electrons. The monoisotopic (exact) mass is 438 g/mol. The summed E-state index contributed by atoms with van der Waals surface area (Å²) in [6.07, 6.45) is 0. The molecule has 8 nitrogen and oxygen atoms in total. The van der Waals surface area contributed by atoms with Crippen molar-refractivity contribution in [3.05, 3.63) is 122 Å². The van der Waals surface area contributed by atoms with Gasteiger partial charge in [0.25, 0.3) is 11.8 Å². The van der Waals surface area contributed by atoms with Crippen LogP contribution in [0.4, 0.5) is 5.69 Å². The predicted molar refractivity (Wildman–Crippen MR) is 115 cm³/mol. The van der Waals surface area contributed by atoms with Crippen molar-refractivity contribution >= 4 is 23.5 Å². The maximum atomic E-state index is 13.7. The maximum Gasteiger partial charge on any atom is 0.335 e. The van der Waals surface area contributed by atoms with Crippen LogP contribution in [-0.2, 0) is 15.1 Å². The zero-order valence-corrected chi connectivity index (χ0v) is 16.9. The summed E-state index contributed by atoms with van der Waals surface area (Å²) in [6.45, 7) is 0. The second-order valence-corrected chi connectivity index (χ2v) is 8.16. The first-order chi connectivity index (χ1) is 15.9. The molecule has 33 heavy (non-hydrogen) atoms. The van der Waals surface area contributed by atoms with Crippen LogP contribution in [0.25, 0.3) is 0 Å². The SMILES string of the molecule is O=C(O)c1ccc(N2C(=O)C3=C(C2=O)C2([N+](=O)[O-])c4ccccc4C3c3ccccc32)cc1. The lowest BCUT2D eigenvalue weighted by Gasteiger charge is -2.42. The molecule has 0 aromatic heterocycles. The summed E-state index contributed by atoms with van der Waals surface area (Å²) in [4.78, 5) is 51.8. The Morgan fingerprint density at radius 2 is 1.42 bits per heavy atom. The minimum Gasteiger partial charge on any atom is -0.478 e. The second-order valence-electron chi connectivity index (χ2n) is 8.16. The van der Waals surface area contributed by atoms with E-state index in [9.17, 15) is 24.5 Å². The second kappa shape index (κ2) is 6.23. The summed E-state index contributed by atoms with van der Waals surface area (Å²) in [5.74, 6) is -3.13. The van der Waals surface area contributed by atoms with Crippen LogP contribution in [0.1, 0.15) is 38.5 Å². The molecule has 0 radical (unpaired) electrons. The summed E-state index contributed by atoms with van der Waals surface area (Å²) in [7, 11) is 0. The van der Waals surface area contributed by atoms with Crippen LogP contribution in [0.3, 0.4) is 0 Å². The topological polar surface area (TPSA) is 118 Å². The van der Waals surface area contributed by atoms with Crippen molar-refractivity contribution in [2.45, 2.75) is 11.5 Å². The van der Waals surface area contributed by atoms with Crippen molar-refractivity contribution in [2.75, 3.05) is 4.90 Å². The molecule has 2 amide bonds. The number of benzene rings is 3. The van der Waals surface area contributed by atoms with Crippen molar-refractivity contribution in [3.8, 4) is 0 Å².